The molecule has 0 spiro atoms. The zero-order valence-electron chi connectivity index (χ0n) is 39.3. The third-order valence-corrected chi connectivity index (χ3v) is 14.8. The van der Waals surface area contributed by atoms with Gasteiger partial charge < -0.3 is 5.11 Å². The fourth-order valence-corrected chi connectivity index (χ4v) is 9.89. The fraction of sp³-hybridized carbons (Fsp3) is 0.368. The van der Waals surface area contributed by atoms with Crippen molar-refractivity contribution in [2.75, 3.05) is 0 Å². The maximum Gasteiger partial charge on any atom is 0.0693 e. The van der Waals surface area contributed by atoms with E-state index in [4.69, 9.17) is 0 Å². The van der Waals surface area contributed by atoms with Crippen LogP contribution in [-0.2, 0) is 12.0 Å². The Morgan fingerprint density at radius 1 is 0.310 bits per heavy atom. The van der Waals surface area contributed by atoms with E-state index in [1.807, 2.05) is 0 Å². The van der Waals surface area contributed by atoms with Crippen molar-refractivity contribution in [1.29, 1.82) is 0 Å². The van der Waals surface area contributed by atoms with Crippen molar-refractivity contribution in [3.05, 3.63) is 160 Å². The Bertz CT molecular complexity index is 2400. The standard InChI is InChI=1S/C57H68O/c1-29-20-30(2)38(10)53(37(29)9)48-24-46(25-49(45(48)17)54-39(11)31(3)21-32(4)40(54)12)57(18,19)47-26-50(55-41(13)33(5)22-34(6)42(55)14)52(28-58)51(27-47)56-43(15)35(7)23-36(8)44(56)16/h20-27,58H,28H2,1-19H3. The molecule has 0 radical (unpaired) electrons. The molecule has 0 bridgehead atoms. The molecule has 0 aliphatic heterocycles. The van der Waals surface area contributed by atoms with Crippen LogP contribution in [0.15, 0.2) is 48.5 Å². The quantitative estimate of drug-likeness (QED) is 0.171. The Labute approximate surface area is 351 Å². The molecule has 6 aromatic carbocycles. The van der Waals surface area contributed by atoms with E-state index in [2.05, 4.69) is 180 Å². The summed E-state index contributed by atoms with van der Waals surface area (Å²) in [6.45, 7) is 43.3. The molecule has 0 amide bonds. The molecule has 1 heteroatoms. The lowest BCUT2D eigenvalue weighted by Gasteiger charge is -2.32. The summed E-state index contributed by atoms with van der Waals surface area (Å²) in [6, 6.07) is 19.2. The van der Waals surface area contributed by atoms with Crippen molar-refractivity contribution in [3.63, 3.8) is 0 Å². The van der Waals surface area contributed by atoms with Gasteiger partial charge >= 0.3 is 0 Å². The van der Waals surface area contributed by atoms with Crippen molar-refractivity contribution in [2.45, 2.75) is 144 Å². The molecule has 0 heterocycles. The Morgan fingerprint density at radius 2 is 0.517 bits per heavy atom. The summed E-state index contributed by atoms with van der Waals surface area (Å²) in [5.41, 5.74) is 35.4. The van der Waals surface area contributed by atoms with E-state index in [0.717, 1.165) is 16.7 Å². The lowest BCUT2D eigenvalue weighted by Crippen LogP contribution is -2.21. The van der Waals surface area contributed by atoms with Crippen LogP contribution in [0.5, 0.6) is 0 Å². The summed E-state index contributed by atoms with van der Waals surface area (Å²) >= 11 is 0. The first-order valence-corrected chi connectivity index (χ1v) is 21.3. The SMILES string of the molecule is Cc1cc(C)c(C)c(-c2cc(C(C)(C)c3cc(-c4c(C)c(C)cc(C)c4C)c(CO)c(-c4c(C)c(C)cc(C)c4C)c3)cc(-c3c(C)c(C)cc(C)c3C)c2C)c1C. The predicted molar refractivity (Wildman–Crippen MR) is 253 cm³/mol. The Kier molecular flexibility index (Phi) is 11.4. The van der Waals surface area contributed by atoms with Crippen molar-refractivity contribution in [3.8, 4) is 44.5 Å². The van der Waals surface area contributed by atoms with E-state index in [1.54, 1.807) is 0 Å². The second kappa shape index (κ2) is 15.5. The lowest BCUT2D eigenvalue weighted by atomic mass is 9.71. The average molecular weight is 769 g/mol. The van der Waals surface area contributed by atoms with Gasteiger partial charge in [0.05, 0.1) is 6.61 Å². The van der Waals surface area contributed by atoms with Crippen molar-refractivity contribution >= 4 is 0 Å². The van der Waals surface area contributed by atoms with Gasteiger partial charge in [0.15, 0.2) is 0 Å². The van der Waals surface area contributed by atoms with Crippen molar-refractivity contribution < 1.29 is 5.11 Å². The number of hydrogen-bond donors (Lipinski definition) is 1. The maximum absolute atomic E-state index is 11.5. The highest BCUT2D eigenvalue weighted by Crippen LogP contribution is 2.48. The van der Waals surface area contributed by atoms with Crippen molar-refractivity contribution in [2.24, 2.45) is 0 Å². The van der Waals surface area contributed by atoms with Gasteiger partial charge in [-0.2, -0.15) is 0 Å². The van der Waals surface area contributed by atoms with Gasteiger partial charge in [-0.3, -0.25) is 0 Å². The summed E-state index contributed by atoms with van der Waals surface area (Å²) in [4.78, 5) is 0. The van der Waals surface area contributed by atoms with Gasteiger partial charge in [-0.05, 0) is 298 Å². The average Bonchev–Trinajstić information content (AvgIpc) is 3.16. The van der Waals surface area contributed by atoms with Crippen LogP contribution in [-0.4, -0.2) is 5.11 Å². The Balaban J connectivity index is 1.82. The summed E-state index contributed by atoms with van der Waals surface area (Å²) in [5, 5.41) is 11.5. The molecule has 1 nitrogen and oxygen atoms in total. The highest BCUT2D eigenvalue weighted by Gasteiger charge is 2.31. The topological polar surface area (TPSA) is 20.2 Å². The number of aliphatic hydroxyl groups excluding tert-OH is 1. The van der Waals surface area contributed by atoms with Gasteiger partial charge in [-0.1, -0.05) is 38.1 Å². The van der Waals surface area contributed by atoms with E-state index in [0.29, 0.717) is 0 Å². The number of rotatable bonds is 7. The van der Waals surface area contributed by atoms with E-state index >= 15 is 0 Å². The molecule has 0 aromatic heterocycles. The van der Waals surface area contributed by atoms with E-state index in [9.17, 15) is 5.11 Å². The zero-order valence-corrected chi connectivity index (χ0v) is 39.3. The summed E-state index contributed by atoms with van der Waals surface area (Å²) in [6.07, 6.45) is 0. The van der Waals surface area contributed by atoms with Crippen molar-refractivity contribution in [1.82, 2.24) is 0 Å². The normalized spacial score (nSPS) is 11.9. The minimum Gasteiger partial charge on any atom is -0.392 e. The summed E-state index contributed by atoms with van der Waals surface area (Å²) < 4.78 is 0. The highest BCUT2D eigenvalue weighted by atomic mass is 16.3. The third kappa shape index (κ3) is 6.88. The first-order chi connectivity index (χ1) is 27.0. The number of aliphatic hydroxyl groups is 1. The molecule has 6 rings (SSSR count). The largest absolute Gasteiger partial charge is 0.392 e. The summed E-state index contributed by atoms with van der Waals surface area (Å²) in [5.74, 6) is 0. The molecule has 0 atom stereocenters. The molecule has 0 saturated carbocycles. The molecule has 0 fully saturated rings. The fourth-order valence-electron chi connectivity index (χ4n) is 9.89. The molecule has 0 saturated heterocycles. The van der Waals surface area contributed by atoms with Gasteiger partial charge in [0.1, 0.15) is 0 Å². The molecule has 0 aliphatic carbocycles. The molecular weight excluding hydrogens is 701 g/mol. The Hall–Kier alpha value is -4.72. The van der Waals surface area contributed by atoms with Gasteiger partial charge in [0.2, 0.25) is 0 Å². The van der Waals surface area contributed by atoms with Gasteiger partial charge in [-0.15, -0.1) is 0 Å². The number of hydrogen-bond acceptors (Lipinski definition) is 1. The van der Waals surface area contributed by atoms with Crippen LogP contribution < -0.4 is 0 Å². The second-order valence-corrected chi connectivity index (χ2v) is 18.6. The number of aryl methyl sites for hydroxylation is 8. The van der Waals surface area contributed by atoms with Gasteiger partial charge in [-0.25, -0.2) is 0 Å². The molecule has 58 heavy (non-hydrogen) atoms. The summed E-state index contributed by atoms with van der Waals surface area (Å²) in [7, 11) is 0. The lowest BCUT2D eigenvalue weighted by molar-refractivity contribution is 0.283. The molecule has 0 unspecified atom stereocenters. The Morgan fingerprint density at radius 3 is 0.741 bits per heavy atom. The molecule has 302 valence electrons. The highest BCUT2D eigenvalue weighted by molar-refractivity contribution is 5.88. The van der Waals surface area contributed by atoms with Gasteiger partial charge in [0.25, 0.3) is 0 Å². The third-order valence-electron chi connectivity index (χ3n) is 14.8. The van der Waals surface area contributed by atoms with E-state index < -0.39 is 5.41 Å². The van der Waals surface area contributed by atoms with Crippen LogP contribution in [0.4, 0.5) is 0 Å². The smallest absolute Gasteiger partial charge is 0.0693 e. The first kappa shape index (κ1) is 42.9. The van der Waals surface area contributed by atoms with Crippen LogP contribution in [0.3, 0.4) is 0 Å². The molecular formula is C57H68O. The van der Waals surface area contributed by atoms with Crippen LogP contribution in [0.25, 0.3) is 44.5 Å². The zero-order chi connectivity index (χ0) is 43.0. The van der Waals surface area contributed by atoms with E-state index in [1.165, 1.54) is 139 Å². The van der Waals surface area contributed by atoms with Crippen LogP contribution in [0.1, 0.15) is 125 Å². The molecule has 0 aliphatic rings. The van der Waals surface area contributed by atoms with Crippen LogP contribution in [0.2, 0.25) is 0 Å². The van der Waals surface area contributed by atoms with Crippen LogP contribution >= 0.6 is 0 Å². The van der Waals surface area contributed by atoms with Crippen LogP contribution in [0, 0.1) is 118 Å². The van der Waals surface area contributed by atoms with E-state index in [-0.39, 0.29) is 6.61 Å². The minimum absolute atomic E-state index is 0.0432. The predicted octanol–water partition coefficient (Wildman–Crippen LogP) is 15.4. The first-order valence-electron chi connectivity index (χ1n) is 21.3. The molecule has 6 aromatic rings. The molecule has 1 N–H and O–H groups in total. The maximum atomic E-state index is 11.5. The minimum atomic E-state index is -0.419. The number of benzene rings is 6. The van der Waals surface area contributed by atoms with Gasteiger partial charge in [0, 0.05) is 5.41 Å². The second-order valence-electron chi connectivity index (χ2n) is 18.6. The monoisotopic (exact) mass is 769 g/mol.